The predicted octanol–water partition coefficient (Wildman–Crippen LogP) is 17.7. The number of rotatable bonds is 38. The van der Waals surface area contributed by atoms with Crippen molar-refractivity contribution in [3.05, 3.63) is 12.7 Å². The van der Waals surface area contributed by atoms with E-state index in [0.717, 1.165) is 70.4 Å². The van der Waals surface area contributed by atoms with Crippen molar-refractivity contribution in [2.45, 2.75) is 302 Å². The molecule has 4 N–H and O–H groups in total. The van der Waals surface area contributed by atoms with Crippen LogP contribution in [0.1, 0.15) is 296 Å². The Labute approximate surface area is 457 Å². The lowest BCUT2D eigenvalue weighted by atomic mass is 9.82. The van der Waals surface area contributed by atoms with E-state index < -0.39 is 11.4 Å². The summed E-state index contributed by atoms with van der Waals surface area (Å²) < 4.78 is 10.7. The highest BCUT2D eigenvalue weighted by Crippen LogP contribution is 2.31. The van der Waals surface area contributed by atoms with Crippen molar-refractivity contribution < 1.29 is 38.9 Å². The Kier molecular flexibility index (Phi) is 93.6. The number of carboxylic acids is 1. The smallest absolute Gasteiger partial charge is 0.327 e. The van der Waals surface area contributed by atoms with Gasteiger partial charge in [0.05, 0.1) is 12.0 Å². The molecule has 1 aliphatic heterocycles. The van der Waals surface area contributed by atoms with E-state index in [-0.39, 0.29) is 18.5 Å². The third-order valence-corrected chi connectivity index (χ3v) is 11.9. The third kappa shape index (κ3) is 86.5. The molecule has 1 aliphatic rings. The van der Waals surface area contributed by atoms with E-state index >= 15 is 0 Å². The van der Waals surface area contributed by atoms with Crippen molar-refractivity contribution >= 4 is 24.9 Å². The Bertz CT molecular complexity index is 1010. The number of carbonyl (C=O) groups is 4. The fraction of sp³-hybridized carbons (Fsp3) is 0.903. The van der Waals surface area contributed by atoms with Crippen LogP contribution in [0.3, 0.4) is 0 Å². The zero-order chi connectivity index (χ0) is 57.7. The maximum atomic E-state index is 12.8. The van der Waals surface area contributed by atoms with E-state index in [9.17, 15) is 14.4 Å². The van der Waals surface area contributed by atoms with Crippen molar-refractivity contribution in [2.24, 2.45) is 10.8 Å². The zero-order valence-electron chi connectivity index (χ0n) is 52.3. The fourth-order valence-corrected chi connectivity index (χ4v) is 7.66. The third-order valence-electron chi connectivity index (χ3n) is 11.9. The van der Waals surface area contributed by atoms with Gasteiger partial charge in [-0.15, -0.1) is 0 Å². The number of ether oxygens (including phenoxy) is 2. The Morgan fingerprint density at radius 1 is 0.603 bits per heavy atom. The van der Waals surface area contributed by atoms with E-state index in [1.54, 1.807) is 0 Å². The molecule has 1 saturated heterocycles. The van der Waals surface area contributed by atoms with E-state index in [4.69, 9.17) is 24.5 Å². The number of nitrogens with one attached hydrogen (secondary N) is 2. The van der Waals surface area contributed by atoms with Crippen molar-refractivity contribution in [3.63, 3.8) is 0 Å². The van der Waals surface area contributed by atoms with Crippen LogP contribution in [0.15, 0.2) is 12.7 Å². The van der Waals surface area contributed by atoms with Gasteiger partial charge in [0.25, 0.3) is 12.9 Å². The summed E-state index contributed by atoms with van der Waals surface area (Å²) in [7, 11) is 5.71. The van der Waals surface area contributed by atoms with Gasteiger partial charge in [-0.05, 0) is 144 Å². The lowest BCUT2D eigenvalue weighted by molar-refractivity contribution is -0.161. The number of aliphatic carboxylic acids is 1. The van der Waals surface area contributed by atoms with Crippen LogP contribution in [0.2, 0.25) is 0 Å². The highest BCUT2D eigenvalue weighted by Gasteiger charge is 2.30. The van der Waals surface area contributed by atoms with Crippen LogP contribution in [0, 0.1) is 10.8 Å². The molecule has 11 heteroatoms. The molecule has 73 heavy (non-hydrogen) atoms. The summed E-state index contributed by atoms with van der Waals surface area (Å²) >= 11 is 0. The zero-order valence-corrected chi connectivity index (χ0v) is 52.3. The van der Waals surface area contributed by atoms with Gasteiger partial charge >= 0.3 is 11.9 Å². The minimum atomic E-state index is -0.981. The second-order valence-corrected chi connectivity index (χ2v) is 19.7. The second kappa shape index (κ2) is 78.4. The molecule has 0 atom stereocenters. The second-order valence-electron chi connectivity index (χ2n) is 19.7. The Balaban J connectivity index is -0.000000138. The van der Waals surface area contributed by atoms with Crippen LogP contribution in [-0.4, -0.2) is 100 Å². The maximum absolute atomic E-state index is 12.8. The first-order chi connectivity index (χ1) is 35.1. The SMILES string of the molecule is C=CC(=O)O.CC.CC.CC.CCCCCCC(CCCCCC)OC(=O)C(C)(C)CCCCCCOC=O.CCCCCCCCCCCC(C)(C)CCCCN1CCCC1.CCCNC.CNC.O=CO. The van der Waals surface area contributed by atoms with Gasteiger partial charge in [-0.1, -0.05) is 212 Å². The van der Waals surface area contributed by atoms with E-state index in [1.807, 2.05) is 76.5 Å². The summed E-state index contributed by atoms with van der Waals surface area (Å²) in [5, 5.41) is 20.3. The molecule has 0 saturated carbocycles. The molecule has 1 fully saturated rings. The Hall–Kier alpha value is -2.50. The average Bonchev–Trinajstić information content (AvgIpc) is 3.91. The van der Waals surface area contributed by atoms with E-state index in [2.05, 4.69) is 63.7 Å². The van der Waals surface area contributed by atoms with Crippen LogP contribution in [-0.2, 0) is 28.7 Å². The highest BCUT2D eigenvalue weighted by molar-refractivity contribution is 5.78. The minimum Gasteiger partial charge on any atom is -0.483 e. The summed E-state index contributed by atoms with van der Waals surface area (Å²) in [5.41, 5.74) is 0.149. The van der Waals surface area contributed by atoms with Crippen molar-refractivity contribution in [3.8, 4) is 0 Å². The molecule has 1 heterocycles. The predicted molar refractivity (Wildman–Crippen MR) is 321 cm³/mol. The highest BCUT2D eigenvalue weighted by atomic mass is 16.5. The molecule has 0 aromatic heterocycles. The Morgan fingerprint density at radius 3 is 1.32 bits per heavy atom. The quantitative estimate of drug-likeness (QED) is 0.0202. The van der Waals surface area contributed by atoms with E-state index in [0.29, 0.717) is 18.5 Å². The molecule has 0 spiro atoms. The van der Waals surface area contributed by atoms with Crippen LogP contribution in [0.5, 0.6) is 0 Å². The number of likely N-dealkylation sites (tertiary alicyclic amines) is 1. The standard InChI is InChI=1S/C24H46O4.C22H45N.C4H11N.C3H4O2.C2H7N.3C2H6.CH2O2/c1-5-7-9-13-17-22(18-14-10-8-6-2)28-23(26)24(3,4)19-15-11-12-16-20-27-21-25;1-4-5-6-7-8-9-10-11-12-17-22(2,3)18-13-14-19-23-20-15-16-21-23;1-3-4-5-2;1-2-3(4)5;1-3-2;3*1-2;2-1-3/h21-22H,5-20H2,1-4H3;4-21H2,1-3H3;5H,3-4H2,1-2H3;2H,1H2,(H,4,5);3H,1-2H3;3*1-2H3;1H,(H,2,3). The molecule has 0 unspecified atom stereocenters. The first kappa shape index (κ1) is 87.2. The molecular formula is C62H133N3O8. The monoisotopic (exact) mass is 1050 g/mol. The van der Waals surface area contributed by atoms with Gasteiger partial charge in [-0.2, -0.15) is 0 Å². The minimum absolute atomic E-state index is 0.0345. The van der Waals surface area contributed by atoms with Crippen molar-refractivity contribution in [1.29, 1.82) is 0 Å². The van der Waals surface area contributed by atoms with Crippen molar-refractivity contribution in [1.82, 2.24) is 15.5 Å². The van der Waals surface area contributed by atoms with Crippen LogP contribution in [0.4, 0.5) is 0 Å². The molecule has 11 nitrogen and oxygen atoms in total. The first-order valence-corrected chi connectivity index (χ1v) is 30.3. The summed E-state index contributed by atoms with van der Waals surface area (Å²) in [6.45, 7) is 38.8. The summed E-state index contributed by atoms with van der Waals surface area (Å²) in [4.78, 5) is 43.2. The summed E-state index contributed by atoms with van der Waals surface area (Å²) in [6.07, 6.45) is 40.4. The Morgan fingerprint density at radius 2 is 0.959 bits per heavy atom. The van der Waals surface area contributed by atoms with E-state index in [1.165, 1.54) is 161 Å². The topological polar surface area (TPSA) is 154 Å². The molecule has 0 aromatic rings. The lowest BCUT2D eigenvalue weighted by Crippen LogP contribution is -2.31. The van der Waals surface area contributed by atoms with Gasteiger partial charge in [-0.3, -0.25) is 14.4 Å². The molecule has 0 amide bonds. The van der Waals surface area contributed by atoms with Crippen molar-refractivity contribution in [2.75, 3.05) is 53.9 Å². The number of carbonyl (C=O) groups excluding carboxylic acids is 2. The van der Waals surface area contributed by atoms with Gasteiger partial charge < -0.3 is 35.2 Å². The molecule has 0 aliphatic carbocycles. The van der Waals surface area contributed by atoms with Gasteiger partial charge in [-0.25, -0.2) is 4.79 Å². The molecular weight excluding hydrogens is 915 g/mol. The molecule has 444 valence electrons. The molecule has 0 aromatic carbocycles. The molecule has 0 radical (unpaired) electrons. The maximum Gasteiger partial charge on any atom is 0.327 e. The van der Waals surface area contributed by atoms with Crippen LogP contribution in [0.25, 0.3) is 0 Å². The van der Waals surface area contributed by atoms with Gasteiger partial charge in [0, 0.05) is 6.08 Å². The molecule has 1 rings (SSSR count). The number of nitrogens with zero attached hydrogens (tertiary/aromatic N) is 1. The number of unbranched alkanes of at least 4 members (excludes halogenated alkanes) is 18. The van der Waals surface area contributed by atoms with Crippen LogP contribution < -0.4 is 10.6 Å². The number of carboxylic acid groups (broad SMARTS) is 2. The normalized spacial score (nSPS) is 11.3. The number of esters is 1. The van der Waals surface area contributed by atoms with Gasteiger partial charge in [0.1, 0.15) is 6.10 Å². The first-order valence-electron chi connectivity index (χ1n) is 30.3. The largest absolute Gasteiger partial charge is 0.483 e. The van der Waals surface area contributed by atoms with Crippen LogP contribution >= 0.6 is 0 Å². The summed E-state index contributed by atoms with van der Waals surface area (Å²) in [6, 6.07) is 0. The van der Waals surface area contributed by atoms with Gasteiger partial charge in [0.2, 0.25) is 0 Å². The molecule has 0 bridgehead atoms. The summed E-state index contributed by atoms with van der Waals surface area (Å²) in [5.74, 6) is -1.02. The lowest BCUT2D eigenvalue weighted by Gasteiger charge is -2.27. The average molecular weight is 1050 g/mol. The van der Waals surface area contributed by atoms with Gasteiger partial charge in [0.15, 0.2) is 0 Å². The number of hydrogen-bond acceptors (Lipinski definition) is 9. The fourth-order valence-electron chi connectivity index (χ4n) is 7.66. The number of hydrogen-bond donors (Lipinski definition) is 4.